The number of nitrogens with zero attached hydrogens (tertiary/aromatic N) is 5. The summed E-state index contributed by atoms with van der Waals surface area (Å²) in [4.78, 5) is 19.3. The number of hydrogen-bond donors (Lipinski definition) is 1. The first-order valence-electron chi connectivity index (χ1n) is 6.63. The van der Waals surface area contributed by atoms with E-state index in [-0.39, 0.29) is 0 Å². The molecule has 0 aliphatic rings. The lowest BCUT2D eigenvalue weighted by atomic mass is 10.2. The summed E-state index contributed by atoms with van der Waals surface area (Å²) in [7, 11) is 3.79. The van der Waals surface area contributed by atoms with Crippen LogP contribution in [0.25, 0.3) is 11.2 Å². The van der Waals surface area contributed by atoms with E-state index in [0.29, 0.717) is 22.9 Å². The fourth-order valence-corrected chi connectivity index (χ4v) is 1.91. The molecule has 0 radical (unpaired) electrons. The Morgan fingerprint density at radius 1 is 0.952 bits per heavy atom. The molecule has 6 nitrogen and oxygen atoms in total. The molecule has 0 aliphatic heterocycles. The van der Waals surface area contributed by atoms with Crippen molar-refractivity contribution in [2.24, 2.45) is 0 Å². The van der Waals surface area contributed by atoms with E-state index >= 15 is 0 Å². The molecule has 0 fully saturated rings. The quantitative estimate of drug-likeness (QED) is 0.795. The van der Waals surface area contributed by atoms with Crippen molar-refractivity contribution in [3.8, 4) is 0 Å². The number of benzene rings is 1. The predicted octanol–water partition coefficient (Wildman–Crippen LogP) is 2.54. The molecule has 0 atom stereocenters. The highest BCUT2D eigenvalue weighted by Gasteiger charge is 2.11. The number of fused-ring (bicyclic) bond motifs is 1. The lowest BCUT2D eigenvalue weighted by molar-refractivity contribution is 1.01. The molecule has 0 bridgehead atoms. The molecule has 0 unspecified atom stereocenters. The van der Waals surface area contributed by atoms with Gasteiger partial charge in [0.1, 0.15) is 0 Å². The lowest BCUT2D eigenvalue weighted by Gasteiger charge is -2.13. The van der Waals surface area contributed by atoms with Gasteiger partial charge in [-0.05, 0) is 19.1 Å². The summed E-state index contributed by atoms with van der Waals surface area (Å²) in [6.45, 7) is 2.06. The third-order valence-electron chi connectivity index (χ3n) is 3.04. The fraction of sp³-hybridized carbons (Fsp3) is 0.200. The Kier molecular flexibility index (Phi) is 3.35. The second-order valence-electron chi connectivity index (χ2n) is 4.99. The Hall–Kier alpha value is -2.76. The number of hydrogen-bond acceptors (Lipinski definition) is 6. The van der Waals surface area contributed by atoms with E-state index in [1.165, 1.54) is 5.56 Å². The van der Waals surface area contributed by atoms with Gasteiger partial charge in [0, 0.05) is 32.2 Å². The molecule has 2 heterocycles. The van der Waals surface area contributed by atoms with Gasteiger partial charge in [-0.3, -0.25) is 0 Å². The van der Waals surface area contributed by atoms with Crippen LogP contribution in [0.2, 0.25) is 0 Å². The molecular weight excluding hydrogens is 264 g/mol. The zero-order chi connectivity index (χ0) is 14.8. The Labute approximate surface area is 122 Å². The molecule has 6 heteroatoms. The van der Waals surface area contributed by atoms with Crippen molar-refractivity contribution in [3.05, 3.63) is 42.2 Å². The molecule has 0 amide bonds. The first-order valence-corrected chi connectivity index (χ1v) is 6.63. The number of rotatable bonds is 3. The van der Waals surface area contributed by atoms with Crippen molar-refractivity contribution in [3.63, 3.8) is 0 Å². The van der Waals surface area contributed by atoms with E-state index in [1.807, 2.05) is 43.3 Å². The Balaban J connectivity index is 2.09. The van der Waals surface area contributed by atoms with Gasteiger partial charge in [-0.25, -0.2) is 9.97 Å². The van der Waals surface area contributed by atoms with Gasteiger partial charge in [-0.1, -0.05) is 17.7 Å². The number of anilines is 3. The van der Waals surface area contributed by atoms with Gasteiger partial charge in [0.05, 0.1) is 0 Å². The van der Waals surface area contributed by atoms with Crippen LogP contribution < -0.4 is 10.2 Å². The monoisotopic (exact) mass is 280 g/mol. The Morgan fingerprint density at radius 2 is 1.67 bits per heavy atom. The van der Waals surface area contributed by atoms with Crippen LogP contribution in [-0.2, 0) is 0 Å². The molecule has 1 N–H and O–H groups in total. The second-order valence-corrected chi connectivity index (χ2v) is 4.99. The molecule has 0 aliphatic carbocycles. The van der Waals surface area contributed by atoms with E-state index in [4.69, 9.17) is 0 Å². The van der Waals surface area contributed by atoms with Gasteiger partial charge in [-0.2, -0.15) is 9.97 Å². The minimum absolute atomic E-state index is 0.575. The molecule has 0 saturated heterocycles. The molecule has 21 heavy (non-hydrogen) atoms. The summed E-state index contributed by atoms with van der Waals surface area (Å²) >= 11 is 0. The molecule has 0 saturated carbocycles. The van der Waals surface area contributed by atoms with Crippen LogP contribution in [0.3, 0.4) is 0 Å². The molecule has 2 aromatic heterocycles. The van der Waals surface area contributed by atoms with Gasteiger partial charge in [0.15, 0.2) is 17.0 Å². The smallest absolute Gasteiger partial charge is 0.228 e. The van der Waals surface area contributed by atoms with Crippen molar-refractivity contribution in [2.75, 3.05) is 24.3 Å². The van der Waals surface area contributed by atoms with Crippen LogP contribution >= 0.6 is 0 Å². The first-order chi connectivity index (χ1) is 10.1. The topological polar surface area (TPSA) is 66.8 Å². The van der Waals surface area contributed by atoms with Gasteiger partial charge in [0.2, 0.25) is 5.95 Å². The zero-order valence-electron chi connectivity index (χ0n) is 12.2. The molecule has 3 aromatic rings. The highest BCUT2D eigenvalue weighted by Crippen LogP contribution is 2.23. The summed E-state index contributed by atoms with van der Waals surface area (Å²) in [5.41, 5.74) is 3.40. The van der Waals surface area contributed by atoms with E-state index in [1.54, 1.807) is 12.4 Å². The maximum atomic E-state index is 4.52. The third-order valence-corrected chi connectivity index (χ3v) is 3.04. The normalized spacial score (nSPS) is 10.6. The molecule has 3 rings (SSSR count). The second kappa shape index (κ2) is 5.32. The number of nitrogens with one attached hydrogen (secondary N) is 1. The molecule has 106 valence electrons. The summed E-state index contributed by atoms with van der Waals surface area (Å²) in [5.74, 6) is 1.25. The third kappa shape index (κ3) is 2.74. The lowest BCUT2D eigenvalue weighted by Crippen LogP contribution is -2.14. The SMILES string of the molecule is Cc1ccc(Nc2nc(N(C)C)nc3nccnc23)cc1. The van der Waals surface area contributed by atoms with Crippen molar-refractivity contribution < 1.29 is 0 Å². The van der Waals surface area contributed by atoms with Gasteiger partial charge in [0.25, 0.3) is 0 Å². The van der Waals surface area contributed by atoms with Gasteiger partial charge >= 0.3 is 0 Å². The standard InChI is InChI=1S/C15H16N6/c1-10-4-6-11(7-5-10)18-14-12-13(17-9-8-16-12)19-15(20-14)21(2)3/h4-9H,1-3H3,(H,17,18,19,20). The summed E-state index contributed by atoms with van der Waals surface area (Å²) in [6.07, 6.45) is 3.27. The Bertz CT molecular complexity index is 767. The largest absolute Gasteiger partial charge is 0.347 e. The van der Waals surface area contributed by atoms with Crippen LogP contribution in [0.4, 0.5) is 17.5 Å². The summed E-state index contributed by atoms with van der Waals surface area (Å²) < 4.78 is 0. The van der Waals surface area contributed by atoms with Crippen molar-refractivity contribution in [1.82, 2.24) is 19.9 Å². The fourth-order valence-electron chi connectivity index (χ4n) is 1.91. The Morgan fingerprint density at radius 3 is 2.38 bits per heavy atom. The molecule has 0 spiro atoms. The average molecular weight is 280 g/mol. The molecule has 1 aromatic carbocycles. The van der Waals surface area contributed by atoms with E-state index < -0.39 is 0 Å². The van der Waals surface area contributed by atoms with Crippen LogP contribution in [0.15, 0.2) is 36.7 Å². The minimum Gasteiger partial charge on any atom is -0.347 e. The van der Waals surface area contributed by atoms with Gasteiger partial charge in [-0.15, -0.1) is 0 Å². The summed E-state index contributed by atoms with van der Waals surface area (Å²) in [5, 5.41) is 3.29. The highest BCUT2D eigenvalue weighted by molar-refractivity contribution is 5.85. The van der Waals surface area contributed by atoms with Crippen molar-refractivity contribution >= 4 is 28.6 Å². The van der Waals surface area contributed by atoms with Crippen molar-refractivity contribution in [2.45, 2.75) is 6.92 Å². The highest BCUT2D eigenvalue weighted by atomic mass is 15.2. The maximum absolute atomic E-state index is 4.52. The number of aryl methyl sites for hydroxylation is 1. The van der Waals surface area contributed by atoms with Crippen molar-refractivity contribution in [1.29, 1.82) is 0 Å². The summed E-state index contributed by atoms with van der Waals surface area (Å²) in [6, 6.07) is 8.11. The van der Waals surface area contributed by atoms with E-state index in [9.17, 15) is 0 Å². The van der Waals surface area contributed by atoms with E-state index in [0.717, 1.165) is 5.69 Å². The van der Waals surface area contributed by atoms with Gasteiger partial charge < -0.3 is 10.2 Å². The first kappa shape index (κ1) is 13.2. The zero-order valence-corrected chi connectivity index (χ0v) is 12.2. The minimum atomic E-state index is 0.575. The average Bonchev–Trinajstić information content (AvgIpc) is 2.49. The maximum Gasteiger partial charge on any atom is 0.228 e. The predicted molar refractivity (Wildman–Crippen MR) is 83.9 cm³/mol. The van der Waals surface area contributed by atoms with Crippen LogP contribution in [0.5, 0.6) is 0 Å². The van der Waals surface area contributed by atoms with E-state index in [2.05, 4.69) is 32.2 Å². The van der Waals surface area contributed by atoms with Crippen LogP contribution in [0.1, 0.15) is 5.56 Å². The van der Waals surface area contributed by atoms with Crippen LogP contribution in [0, 0.1) is 6.92 Å². The van der Waals surface area contributed by atoms with Crippen LogP contribution in [-0.4, -0.2) is 34.0 Å². The molecular formula is C15H16N6. The number of aromatic nitrogens is 4.